The number of aromatic hydroxyl groups is 1. The Bertz CT molecular complexity index is 1580. The van der Waals surface area contributed by atoms with Crippen LogP contribution in [-0.2, 0) is 23.0 Å². The molecule has 0 atom stereocenters. The van der Waals surface area contributed by atoms with Crippen molar-refractivity contribution in [2.75, 3.05) is 11.3 Å². The average molecular weight is 559 g/mol. The fraction of sp³-hybridized carbons (Fsp3) is 0.219. The highest BCUT2D eigenvalue weighted by molar-refractivity contribution is 7.93. The smallest absolute Gasteiger partial charge is 0.251 e. The van der Waals surface area contributed by atoms with Gasteiger partial charge in [0, 0.05) is 24.2 Å². The third-order valence-electron chi connectivity index (χ3n) is 6.47. The lowest BCUT2D eigenvalue weighted by Crippen LogP contribution is -2.22. The van der Waals surface area contributed by atoms with E-state index in [1.807, 2.05) is 73.7 Å². The van der Waals surface area contributed by atoms with Crippen LogP contribution in [-0.4, -0.2) is 31.3 Å². The summed E-state index contributed by atoms with van der Waals surface area (Å²) >= 11 is 0. The molecule has 0 aromatic heterocycles. The van der Waals surface area contributed by atoms with E-state index in [2.05, 4.69) is 10.0 Å². The molecule has 208 valence electrons. The number of aryl methyl sites for hydroxylation is 1. The first-order valence-corrected chi connectivity index (χ1v) is 14.7. The zero-order chi connectivity index (χ0) is 28.7. The molecule has 40 heavy (non-hydrogen) atoms. The number of carbonyl (C=O) groups is 1. The molecule has 4 rings (SSSR count). The van der Waals surface area contributed by atoms with Crippen molar-refractivity contribution >= 4 is 21.6 Å². The summed E-state index contributed by atoms with van der Waals surface area (Å²) in [6, 6.07) is 27.4. The summed E-state index contributed by atoms with van der Waals surface area (Å²) in [5.41, 5.74) is 5.80. The Kier molecular flexibility index (Phi) is 9.11. The van der Waals surface area contributed by atoms with Gasteiger partial charge in [-0.25, -0.2) is 8.42 Å². The molecule has 0 fully saturated rings. The number of sulfonamides is 1. The fourth-order valence-electron chi connectivity index (χ4n) is 4.11. The van der Waals surface area contributed by atoms with Crippen molar-refractivity contribution in [1.82, 2.24) is 5.32 Å². The van der Waals surface area contributed by atoms with Gasteiger partial charge >= 0.3 is 0 Å². The highest BCUT2D eigenvalue weighted by Gasteiger charge is 2.15. The molecule has 0 unspecified atom stereocenters. The SMILES string of the molecule is Cc1cc(CNC(=O)c2cccc(-c3ccc(O)cc3)c2)ccc1OCCc1cccc(NS(=O)(=O)C(C)C)c1. The van der Waals surface area contributed by atoms with Gasteiger partial charge in [-0.3, -0.25) is 9.52 Å². The predicted octanol–water partition coefficient (Wildman–Crippen LogP) is 6.07. The van der Waals surface area contributed by atoms with E-state index in [1.165, 1.54) is 0 Å². The van der Waals surface area contributed by atoms with Crippen molar-refractivity contribution in [3.63, 3.8) is 0 Å². The largest absolute Gasteiger partial charge is 0.508 e. The second kappa shape index (κ2) is 12.7. The van der Waals surface area contributed by atoms with Crippen molar-refractivity contribution in [3.05, 3.63) is 113 Å². The summed E-state index contributed by atoms with van der Waals surface area (Å²) in [5.74, 6) is 0.786. The van der Waals surface area contributed by atoms with E-state index >= 15 is 0 Å². The van der Waals surface area contributed by atoms with Gasteiger partial charge in [-0.15, -0.1) is 0 Å². The molecular formula is C32H34N2O5S. The van der Waals surface area contributed by atoms with E-state index < -0.39 is 15.3 Å². The molecule has 0 aliphatic rings. The van der Waals surface area contributed by atoms with Gasteiger partial charge in [0.05, 0.1) is 11.9 Å². The molecule has 0 saturated carbocycles. The van der Waals surface area contributed by atoms with E-state index in [4.69, 9.17) is 4.74 Å². The number of phenolic OH excluding ortho intramolecular Hbond substituents is 1. The first-order valence-electron chi connectivity index (χ1n) is 13.1. The number of carbonyl (C=O) groups excluding carboxylic acids is 1. The Hall–Kier alpha value is -4.30. The summed E-state index contributed by atoms with van der Waals surface area (Å²) in [4.78, 5) is 12.8. The molecule has 3 N–H and O–H groups in total. The van der Waals surface area contributed by atoms with E-state index in [9.17, 15) is 18.3 Å². The first-order chi connectivity index (χ1) is 19.1. The molecular weight excluding hydrogens is 524 g/mol. The third-order valence-corrected chi connectivity index (χ3v) is 8.24. The molecule has 0 aliphatic carbocycles. The molecule has 0 aliphatic heterocycles. The Labute approximate surface area is 235 Å². The molecule has 7 nitrogen and oxygen atoms in total. The number of hydrogen-bond donors (Lipinski definition) is 3. The van der Waals surface area contributed by atoms with Crippen LogP contribution < -0.4 is 14.8 Å². The number of nitrogens with one attached hydrogen (secondary N) is 2. The Balaban J connectivity index is 1.30. The van der Waals surface area contributed by atoms with Crippen LogP contribution in [0.3, 0.4) is 0 Å². The van der Waals surface area contributed by atoms with Crippen molar-refractivity contribution in [2.24, 2.45) is 0 Å². The minimum atomic E-state index is -3.40. The van der Waals surface area contributed by atoms with Crippen molar-refractivity contribution in [1.29, 1.82) is 0 Å². The van der Waals surface area contributed by atoms with Crippen LogP contribution in [0, 0.1) is 6.92 Å². The molecule has 4 aromatic rings. The topological polar surface area (TPSA) is 105 Å². The van der Waals surface area contributed by atoms with Crippen LogP contribution in [0.1, 0.15) is 40.9 Å². The summed E-state index contributed by atoms with van der Waals surface area (Å²) in [5, 5.41) is 12.0. The lowest BCUT2D eigenvalue weighted by molar-refractivity contribution is 0.0951. The van der Waals surface area contributed by atoms with E-state index in [-0.39, 0.29) is 11.7 Å². The second-order valence-corrected chi connectivity index (χ2v) is 12.1. The zero-order valence-electron chi connectivity index (χ0n) is 22.8. The molecule has 0 radical (unpaired) electrons. The third kappa shape index (κ3) is 7.64. The van der Waals surface area contributed by atoms with Crippen LogP contribution in [0.5, 0.6) is 11.5 Å². The van der Waals surface area contributed by atoms with Crippen LogP contribution in [0.15, 0.2) is 91.0 Å². The van der Waals surface area contributed by atoms with Gasteiger partial charge < -0.3 is 15.2 Å². The maximum atomic E-state index is 12.8. The molecule has 1 amide bonds. The lowest BCUT2D eigenvalue weighted by atomic mass is 10.0. The highest BCUT2D eigenvalue weighted by atomic mass is 32.2. The van der Waals surface area contributed by atoms with Gasteiger partial charge in [-0.2, -0.15) is 0 Å². The van der Waals surface area contributed by atoms with Gasteiger partial charge in [0.1, 0.15) is 11.5 Å². The molecule has 0 saturated heterocycles. The molecule has 8 heteroatoms. The van der Waals surface area contributed by atoms with Crippen LogP contribution in [0.25, 0.3) is 11.1 Å². The monoisotopic (exact) mass is 558 g/mol. The van der Waals surface area contributed by atoms with Gasteiger partial charge in [0.25, 0.3) is 5.91 Å². The van der Waals surface area contributed by atoms with Crippen LogP contribution in [0.4, 0.5) is 5.69 Å². The van der Waals surface area contributed by atoms with Crippen molar-refractivity contribution < 1.29 is 23.1 Å². The quantitative estimate of drug-likeness (QED) is 0.207. The first kappa shape index (κ1) is 28.7. The average Bonchev–Trinajstić information content (AvgIpc) is 2.93. The van der Waals surface area contributed by atoms with E-state index in [0.29, 0.717) is 30.8 Å². The molecule has 0 spiro atoms. The lowest BCUT2D eigenvalue weighted by Gasteiger charge is -2.13. The molecule has 0 bridgehead atoms. The van der Waals surface area contributed by atoms with Crippen LogP contribution >= 0.6 is 0 Å². The van der Waals surface area contributed by atoms with Gasteiger partial charge in [-0.05, 0) is 91.1 Å². The van der Waals surface area contributed by atoms with E-state index in [0.717, 1.165) is 33.6 Å². The minimum absolute atomic E-state index is 0.170. The maximum absolute atomic E-state index is 12.8. The Morgan fingerprint density at radius 1 is 0.875 bits per heavy atom. The summed E-state index contributed by atoms with van der Waals surface area (Å²) in [6.07, 6.45) is 0.623. The van der Waals surface area contributed by atoms with Crippen molar-refractivity contribution in [3.8, 4) is 22.6 Å². The summed E-state index contributed by atoms with van der Waals surface area (Å²) < 4.78 is 32.9. The zero-order valence-corrected chi connectivity index (χ0v) is 23.7. The predicted molar refractivity (Wildman–Crippen MR) is 159 cm³/mol. The number of ether oxygens (including phenoxy) is 1. The maximum Gasteiger partial charge on any atom is 0.251 e. The summed E-state index contributed by atoms with van der Waals surface area (Å²) in [7, 11) is -3.40. The summed E-state index contributed by atoms with van der Waals surface area (Å²) in [6.45, 7) is 6.06. The van der Waals surface area contributed by atoms with Crippen LogP contribution in [0.2, 0.25) is 0 Å². The Morgan fingerprint density at radius 2 is 1.62 bits per heavy atom. The Morgan fingerprint density at radius 3 is 2.35 bits per heavy atom. The van der Waals surface area contributed by atoms with Crippen molar-refractivity contribution in [2.45, 2.75) is 39.0 Å². The number of amides is 1. The van der Waals surface area contributed by atoms with Gasteiger partial charge in [0.2, 0.25) is 10.0 Å². The number of anilines is 1. The van der Waals surface area contributed by atoms with E-state index in [1.54, 1.807) is 38.1 Å². The van der Waals surface area contributed by atoms with Gasteiger partial charge in [-0.1, -0.05) is 48.5 Å². The number of phenols is 1. The number of rotatable bonds is 11. The molecule has 4 aromatic carbocycles. The highest BCUT2D eigenvalue weighted by Crippen LogP contribution is 2.23. The number of hydrogen-bond acceptors (Lipinski definition) is 5. The second-order valence-electron chi connectivity index (χ2n) is 9.90. The normalized spacial score (nSPS) is 11.3. The minimum Gasteiger partial charge on any atom is -0.508 e. The fourth-order valence-corrected chi connectivity index (χ4v) is 4.80. The van der Waals surface area contributed by atoms with Gasteiger partial charge in [0.15, 0.2) is 0 Å². The number of benzene rings is 4. The standard InChI is InChI=1S/C32H34N2O5S/c1-22(2)40(37,38)34-29-9-4-6-24(19-29)16-17-39-31-15-10-25(18-23(31)3)21-33-32(36)28-8-5-7-27(20-28)26-11-13-30(35)14-12-26/h4-15,18-20,22,34-35H,16-17,21H2,1-3H3,(H,33,36). The molecule has 0 heterocycles.